The van der Waals surface area contributed by atoms with E-state index in [0.717, 1.165) is 6.04 Å². The molecule has 0 saturated carbocycles. The molecule has 0 saturated heterocycles. The van der Waals surface area contributed by atoms with Gasteiger partial charge >= 0.3 is 5.97 Å². The number of rotatable bonds is 5. The Hall–Kier alpha value is -0.396. The average molecular weight is 246 g/mol. The number of allylic oxidation sites excluding steroid dienone is 1. The van der Waals surface area contributed by atoms with E-state index < -0.39 is 22.6 Å². The minimum Gasteiger partial charge on any atom is -0.478 e. The van der Waals surface area contributed by atoms with Crippen LogP contribution >= 0.6 is 0 Å². The molecule has 0 aliphatic carbocycles. The van der Waals surface area contributed by atoms with Crippen LogP contribution in [0.15, 0.2) is 11.6 Å². The molecule has 0 atom stereocenters. The van der Waals surface area contributed by atoms with Crippen molar-refractivity contribution in [3.63, 3.8) is 0 Å². The van der Waals surface area contributed by atoms with Gasteiger partial charge in [0.1, 0.15) is 0 Å². The molecule has 0 aromatic heterocycles. The molecular formula is C10H22O3Si2. The summed E-state index contributed by atoms with van der Waals surface area (Å²) < 4.78 is 6.10. The van der Waals surface area contributed by atoms with Crippen molar-refractivity contribution in [2.45, 2.75) is 45.7 Å². The first kappa shape index (κ1) is 14.6. The van der Waals surface area contributed by atoms with E-state index in [4.69, 9.17) is 9.22 Å². The van der Waals surface area contributed by atoms with Gasteiger partial charge in [0.2, 0.25) is 0 Å². The maximum Gasteiger partial charge on any atom is 0.330 e. The van der Waals surface area contributed by atoms with Crippen molar-refractivity contribution in [2.24, 2.45) is 0 Å². The Labute approximate surface area is 94.4 Å². The topological polar surface area (TPSA) is 46.5 Å². The Morgan fingerprint density at radius 2 is 1.73 bits per heavy atom. The molecule has 1 N–H and O–H groups in total. The van der Waals surface area contributed by atoms with Gasteiger partial charge in [-0.2, -0.15) is 0 Å². The van der Waals surface area contributed by atoms with Gasteiger partial charge in [0.25, 0.3) is 0 Å². The number of hydrogen-bond donors (Lipinski definition) is 1. The lowest BCUT2D eigenvalue weighted by Gasteiger charge is -2.30. The van der Waals surface area contributed by atoms with Crippen LogP contribution in [0.4, 0.5) is 0 Å². The molecule has 0 aliphatic heterocycles. The van der Waals surface area contributed by atoms with Gasteiger partial charge in [-0.3, -0.25) is 0 Å². The Bertz CT molecular complexity index is 264. The molecule has 0 amide bonds. The predicted octanol–water partition coefficient (Wildman–Crippen LogP) is 3.07. The zero-order valence-corrected chi connectivity index (χ0v) is 12.5. The van der Waals surface area contributed by atoms with Crippen LogP contribution in [0.25, 0.3) is 0 Å². The van der Waals surface area contributed by atoms with Crippen molar-refractivity contribution in [1.29, 1.82) is 0 Å². The summed E-state index contributed by atoms with van der Waals surface area (Å²) in [5, 5.41) is 8.73. The molecule has 0 aromatic rings. The Kier molecular flexibility index (Phi) is 4.96. The Morgan fingerprint density at radius 3 is 2.07 bits per heavy atom. The molecule has 0 aliphatic rings. The van der Waals surface area contributed by atoms with Crippen LogP contribution in [0, 0.1) is 0 Å². The van der Waals surface area contributed by atoms with Crippen molar-refractivity contribution >= 4 is 22.6 Å². The fourth-order valence-electron chi connectivity index (χ4n) is 1.36. The molecular weight excluding hydrogens is 224 g/mol. The highest BCUT2D eigenvalue weighted by Gasteiger charge is 2.28. The van der Waals surface area contributed by atoms with E-state index in [1.54, 1.807) is 13.0 Å². The summed E-state index contributed by atoms with van der Waals surface area (Å²) in [4.78, 5) is 10.6. The maximum atomic E-state index is 10.6. The predicted molar refractivity (Wildman–Crippen MR) is 68.1 cm³/mol. The second-order valence-corrected chi connectivity index (χ2v) is 14.3. The third kappa shape index (κ3) is 7.52. The Balaban J connectivity index is 4.40. The van der Waals surface area contributed by atoms with Gasteiger partial charge in [-0.05, 0) is 45.7 Å². The lowest BCUT2D eigenvalue weighted by molar-refractivity contribution is -0.132. The van der Waals surface area contributed by atoms with Gasteiger partial charge in [0.05, 0.1) is 0 Å². The van der Waals surface area contributed by atoms with E-state index in [0.29, 0.717) is 5.57 Å². The first-order valence-corrected chi connectivity index (χ1v) is 11.7. The first-order chi connectivity index (χ1) is 6.53. The highest BCUT2D eigenvalue weighted by Crippen LogP contribution is 2.19. The van der Waals surface area contributed by atoms with Crippen molar-refractivity contribution in [3.05, 3.63) is 11.6 Å². The van der Waals surface area contributed by atoms with Crippen LogP contribution in [0.2, 0.25) is 38.8 Å². The number of carboxylic acids is 1. The molecule has 0 unspecified atom stereocenters. The van der Waals surface area contributed by atoms with Crippen molar-refractivity contribution in [2.75, 3.05) is 0 Å². The van der Waals surface area contributed by atoms with Crippen LogP contribution in [-0.4, -0.2) is 27.7 Å². The lowest BCUT2D eigenvalue weighted by Crippen LogP contribution is -2.41. The lowest BCUT2D eigenvalue weighted by atomic mass is 10.3. The zero-order chi connectivity index (χ0) is 12.3. The molecule has 5 heteroatoms. The smallest absolute Gasteiger partial charge is 0.330 e. The van der Waals surface area contributed by atoms with Crippen LogP contribution < -0.4 is 0 Å². The first-order valence-electron chi connectivity index (χ1n) is 5.14. The summed E-state index contributed by atoms with van der Waals surface area (Å²) in [5.41, 5.74) is 0.412. The normalized spacial score (nSPS) is 14.1. The minimum atomic E-state index is -1.73. The van der Waals surface area contributed by atoms with Crippen LogP contribution in [0.3, 0.4) is 0 Å². The van der Waals surface area contributed by atoms with Gasteiger partial charge in [-0.15, -0.1) is 0 Å². The molecule has 15 heavy (non-hydrogen) atoms. The number of carboxylic acid groups (broad SMARTS) is 1. The highest BCUT2D eigenvalue weighted by molar-refractivity contribution is 6.84. The molecule has 0 bridgehead atoms. The van der Waals surface area contributed by atoms with Crippen molar-refractivity contribution < 1.29 is 14.0 Å². The van der Waals surface area contributed by atoms with Gasteiger partial charge in [-0.1, -0.05) is 6.08 Å². The molecule has 88 valence electrons. The third-order valence-corrected chi connectivity index (χ3v) is 7.67. The SMILES string of the molecule is CC(=CC[Si](C)(C)O[Si](C)(C)C)C(=O)O. The van der Waals surface area contributed by atoms with Crippen LogP contribution in [0.5, 0.6) is 0 Å². The maximum absolute atomic E-state index is 10.6. The number of hydrogen-bond acceptors (Lipinski definition) is 2. The fourth-order valence-corrected chi connectivity index (χ4v) is 9.12. The second-order valence-electron chi connectivity index (χ2n) is 5.37. The summed E-state index contributed by atoms with van der Waals surface area (Å²) >= 11 is 0. The van der Waals surface area contributed by atoms with E-state index >= 15 is 0 Å². The molecule has 0 rings (SSSR count). The summed E-state index contributed by atoms with van der Waals surface area (Å²) in [6, 6.07) is 0.773. The third-order valence-electron chi connectivity index (χ3n) is 1.82. The standard InChI is InChI=1S/C10H22O3Si2/c1-9(10(11)12)7-8-15(5,6)13-14(2,3)4/h7H,8H2,1-6H3,(H,11,12). The van der Waals surface area contributed by atoms with E-state index in [1.807, 2.05) is 0 Å². The Morgan fingerprint density at radius 1 is 1.27 bits per heavy atom. The van der Waals surface area contributed by atoms with Gasteiger partial charge in [-0.25, -0.2) is 4.79 Å². The van der Waals surface area contributed by atoms with Crippen LogP contribution in [-0.2, 0) is 8.91 Å². The monoisotopic (exact) mass is 246 g/mol. The molecule has 0 heterocycles. The summed E-state index contributed by atoms with van der Waals surface area (Å²) in [7, 11) is -3.23. The number of carbonyl (C=O) groups is 1. The quantitative estimate of drug-likeness (QED) is 0.599. The van der Waals surface area contributed by atoms with E-state index in [9.17, 15) is 4.79 Å². The van der Waals surface area contributed by atoms with E-state index in [1.165, 1.54) is 0 Å². The van der Waals surface area contributed by atoms with Gasteiger partial charge in [0, 0.05) is 5.57 Å². The summed E-state index contributed by atoms with van der Waals surface area (Å²) in [6.07, 6.45) is 1.79. The van der Waals surface area contributed by atoms with Crippen molar-refractivity contribution in [1.82, 2.24) is 0 Å². The molecule has 0 aromatic carbocycles. The van der Waals surface area contributed by atoms with Crippen molar-refractivity contribution in [3.8, 4) is 0 Å². The minimum absolute atomic E-state index is 0.412. The molecule has 0 radical (unpaired) electrons. The second kappa shape index (κ2) is 5.09. The van der Waals surface area contributed by atoms with E-state index in [2.05, 4.69) is 32.7 Å². The van der Waals surface area contributed by atoms with Crippen LogP contribution in [0.1, 0.15) is 6.92 Å². The average Bonchev–Trinajstić information content (AvgIpc) is 1.95. The highest BCUT2D eigenvalue weighted by atomic mass is 28.4. The largest absolute Gasteiger partial charge is 0.478 e. The summed E-state index contributed by atoms with van der Waals surface area (Å²) in [6.45, 7) is 12.4. The fraction of sp³-hybridized carbons (Fsp3) is 0.700. The summed E-state index contributed by atoms with van der Waals surface area (Å²) in [5.74, 6) is -0.840. The number of aliphatic carboxylic acids is 1. The molecule has 0 fully saturated rings. The van der Waals surface area contributed by atoms with Gasteiger partial charge in [0.15, 0.2) is 16.6 Å². The van der Waals surface area contributed by atoms with E-state index in [-0.39, 0.29) is 0 Å². The van der Waals surface area contributed by atoms with Gasteiger partial charge < -0.3 is 9.22 Å². The molecule has 3 nitrogen and oxygen atoms in total. The zero-order valence-electron chi connectivity index (χ0n) is 10.5. The molecule has 0 spiro atoms.